The molecule has 1 aliphatic heterocycles. The van der Waals surface area contributed by atoms with Crippen molar-refractivity contribution in [2.24, 2.45) is 46.6 Å². The largest absolute Gasteiger partial charge is 0.508 e. The molecule has 0 aliphatic carbocycles. The summed E-state index contributed by atoms with van der Waals surface area (Å²) >= 11 is 0.812. The summed E-state index contributed by atoms with van der Waals surface area (Å²) in [6.07, 6.45) is -1.75. The molecule has 1 fully saturated rings. The molecule has 0 bridgehead atoms. The summed E-state index contributed by atoms with van der Waals surface area (Å²) in [6, 6.07) is -0.0806. The first kappa shape index (κ1) is 92.7. The number of thioether (sulfide) groups is 1. The van der Waals surface area contributed by atoms with Crippen molar-refractivity contribution in [2.75, 3.05) is 32.2 Å². The average molecular weight is 1600 g/mol. The lowest BCUT2D eigenvalue weighted by Gasteiger charge is -2.34. The summed E-state index contributed by atoms with van der Waals surface area (Å²) in [4.78, 5) is 220. The molecule has 620 valence electrons. The van der Waals surface area contributed by atoms with Crippen LogP contribution in [0.25, 0.3) is 10.9 Å². The highest BCUT2D eigenvalue weighted by Crippen LogP contribution is 2.23. The number of hydrogen-bond acceptors (Lipinski definition) is 20. The third-order valence-corrected chi connectivity index (χ3v) is 20.6. The van der Waals surface area contributed by atoms with Gasteiger partial charge < -0.3 is 106 Å². The van der Waals surface area contributed by atoms with E-state index in [-0.39, 0.29) is 75.3 Å². The molecule has 113 heavy (non-hydrogen) atoms. The zero-order valence-electron chi connectivity index (χ0n) is 65.8. The van der Waals surface area contributed by atoms with E-state index in [4.69, 9.17) is 27.7 Å². The van der Waals surface area contributed by atoms with E-state index in [0.29, 0.717) is 39.8 Å². The Balaban J connectivity index is 1.68. The first-order chi connectivity index (χ1) is 53.4. The van der Waals surface area contributed by atoms with Crippen molar-refractivity contribution >= 4 is 111 Å². The Kier molecular flexibility index (Phi) is 36.9. The molecule has 35 nitrogen and oxygen atoms in total. The van der Waals surface area contributed by atoms with Crippen LogP contribution in [0.5, 0.6) is 11.5 Å². The van der Waals surface area contributed by atoms with Crippen LogP contribution < -0.4 is 86.2 Å². The molecule has 1 aromatic heterocycles. The molecular weight excluding hydrogens is 1480 g/mol. The summed E-state index contributed by atoms with van der Waals surface area (Å²) < 4.78 is 5.37. The number of nitrogens with two attached hydrogens (primary N) is 4. The number of carbonyl (C=O) groups is 15. The molecule has 2 heterocycles. The molecule has 0 spiro atoms. The van der Waals surface area contributed by atoms with Gasteiger partial charge in [-0.25, -0.2) is 0 Å². The predicted octanol–water partition coefficient (Wildman–Crippen LogP) is -1.64. The van der Waals surface area contributed by atoms with Gasteiger partial charge in [0.05, 0.1) is 31.8 Å². The Morgan fingerprint density at radius 2 is 1.02 bits per heavy atom. The van der Waals surface area contributed by atoms with E-state index in [0.717, 1.165) is 23.6 Å². The maximum absolute atomic E-state index is 15.4. The van der Waals surface area contributed by atoms with Gasteiger partial charge in [0.15, 0.2) is 0 Å². The number of rotatable bonds is 24. The number of aromatic amines is 1. The highest BCUT2D eigenvalue weighted by molar-refractivity contribution is 8.00. The predicted molar refractivity (Wildman–Crippen MR) is 420 cm³/mol. The SMILES string of the molecule is CC[C@H](C)[C@@H]1NC(=O)[C@H](CC(N)=O)NC(=O)[C@H](C(C)C)NC(=O)[C@H](CC(C)C)NC(=O)[C@H]([C@@H](C)O)NC(=O)[C@H](CC(N)=O)NC(=O)[C@H](Cc2ccc(OC)cc2)N(C)C(=O)[C@H]([C@@H](C)CC)NC(=O)[C@H](CCCCN)NC(=O)[C@H](Cc2c[nH]c3ccccc23)NC(=O)[C@H](Cc2ccc(O)cc2)NC(=O)CSC[C@@H](C(N)=O)NC1=O. The van der Waals surface area contributed by atoms with Crippen molar-refractivity contribution in [3.05, 3.63) is 95.7 Å². The third kappa shape index (κ3) is 28.7. The van der Waals surface area contributed by atoms with E-state index >= 15 is 24.0 Å². The summed E-state index contributed by atoms with van der Waals surface area (Å²) in [6.45, 7) is 14.4. The number of primary amides is 3. The molecule has 5 rings (SSSR count). The normalized spacial score (nSPS) is 24.3. The monoisotopic (exact) mass is 1600 g/mol. The van der Waals surface area contributed by atoms with Crippen LogP contribution in [0.1, 0.15) is 130 Å². The molecule has 15 amide bonds. The molecule has 15 atom stereocenters. The maximum atomic E-state index is 15.4. The molecule has 22 N–H and O–H groups in total. The maximum Gasteiger partial charge on any atom is 0.245 e. The molecule has 36 heteroatoms. The number of unbranched alkanes of at least 4 members (excludes halogenated alkanes) is 1. The minimum atomic E-state index is -1.95. The van der Waals surface area contributed by atoms with Crippen molar-refractivity contribution < 1.29 is 86.9 Å². The van der Waals surface area contributed by atoms with Crippen molar-refractivity contribution in [2.45, 2.75) is 212 Å². The minimum absolute atomic E-state index is 0.0685. The van der Waals surface area contributed by atoms with Crippen LogP contribution >= 0.6 is 11.8 Å². The number of likely N-dealkylation sites (N-methyl/N-ethyl adjacent to an activating group) is 1. The van der Waals surface area contributed by atoms with Crippen LogP contribution in [-0.2, 0) is 91.2 Å². The van der Waals surface area contributed by atoms with Gasteiger partial charge in [0.2, 0.25) is 88.6 Å². The number of hydrogen-bond donors (Lipinski definition) is 18. The fourth-order valence-corrected chi connectivity index (χ4v) is 13.4. The van der Waals surface area contributed by atoms with Crippen LogP contribution in [0.15, 0.2) is 79.0 Å². The summed E-state index contributed by atoms with van der Waals surface area (Å²) in [5, 5.41) is 50.7. The van der Waals surface area contributed by atoms with E-state index in [1.165, 1.54) is 52.3 Å². The van der Waals surface area contributed by atoms with Crippen LogP contribution in [0.4, 0.5) is 0 Å². The zero-order chi connectivity index (χ0) is 84.1. The first-order valence-electron chi connectivity index (χ1n) is 37.8. The number of nitrogens with zero attached hydrogens (tertiary/aromatic N) is 1. The molecule has 4 aromatic rings. The number of ether oxygens (including phenoxy) is 1. The van der Waals surface area contributed by atoms with E-state index in [2.05, 4.69) is 63.5 Å². The van der Waals surface area contributed by atoms with E-state index in [1.54, 1.807) is 96.3 Å². The van der Waals surface area contributed by atoms with Gasteiger partial charge in [-0.2, -0.15) is 0 Å². The van der Waals surface area contributed by atoms with Gasteiger partial charge in [-0.1, -0.05) is 111 Å². The number of fused-ring (bicyclic) bond motifs is 1. The number of aliphatic hydroxyl groups excluding tert-OH is 1. The van der Waals surface area contributed by atoms with Crippen LogP contribution in [0.2, 0.25) is 0 Å². The Bertz CT molecular complexity index is 3970. The van der Waals surface area contributed by atoms with Crippen molar-refractivity contribution in [3.8, 4) is 11.5 Å². The lowest BCUT2D eigenvalue weighted by Crippen LogP contribution is -2.63. The molecule has 0 unspecified atom stereocenters. The van der Waals surface area contributed by atoms with E-state index in [1.807, 2.05) is 0 Å². The second-order valence-electron chi connectivity index (χ2n) is 29.3. The smallest absolute Gasteiger partial charge is 0.245 e. The minimum Gasteiger partial charge on any atom is -0.508 e. The van der Waals surface area contributed by atoms with Gasteiger partial charge >= 0.3 is 0 Å². The first-order valence-corrected chi connectivity index (χ1v) is 38.9. The number of nitrogens with one attached hydrogen (secondary N) is 12. The fourth-order valence-electron chi connectivity index (χ4n) is 12.5. The van der Waals surface area contributed by atoms with Crippen LogP contribution in [-0.4, -0.2) is 220 Å². The number of phenolic OH excluding ortho intramolecular Hbond substituents is 1. The van der Waals surface area contributed by atoms with Gasteiger partial charge in [-0.05, 0) is 110 Å². The molecule has 1 aliphatic rings. The van der Waals surface area contributed by atoms with Gasteiger partial charge in [0, 0.05) is 49.2 Å². The van der Waals surface area contributed by atoms with Gasteiger partial charge in [-0.15, -0.1) is 11.8 Å². The van der Waals surface area contributed by atoms with E-state index in [9.17, 15) is 58.2 Å². The number of benzene rings is 3. The second kappa shape index (κ2) is 45.0. The average Bonchev–Trinajstić information content (AvgIpc) is 1.61. The molecule has 3 aromatic carbocycles. The molecular formula is C77H113N17O18S. The number of amides is 15. The number of carbonyl (C=O) groups excluding carboxylic acids is 15. The lowest BCUT2D eigenvalue weighted by molar-refractivity contribution is -0.144. The van der Waals surface area contributed by atoms with Crippen molar-refractivity contribution in [1.29, 1.82) is 0 Å². The van der Waals surface area contributed by atoms with Gasteiger partial charge in [-0.3, -0.25) is 71.9 Å². The number of aromatic hydroxyl groups is 1. The number of H-pyrrole nitrogens is 1. The van der Waals surface area contributed by atoms with E-state index < -0.39 is 204 Å². The number of aliphatic hydroxyl groups is 1. The van der Waals surface area contributed by atoms with Gasteiger partial charge in [0.1, 0.15) is 84.0 Å². The quantitative estimate of drug-likeness (QED) is 0.0350. The molecule has 0 saturated carbocycles. The zero-order valence-corrected chi connectivity index (χ0v) is 66.6. The Labute approximate surface area is 661 Å². The van der Waals surface area contributed by atoms with Crippen LogP contribution in [0, 0.1) is 23.7 Å². The Morgan fingerprint density at radius 3 is 1.58 bits per heavy atom. The fraction of sp³-hybridized carbons (Fsp3) is 0.545. The molecule has 1 saturated heterocycles. The highest BCUT2D eigenvalue weighted by Gasteiger charge is 2.42. The molecule has 0 radical (unpaired) electrons. The lowest BCUT2D eigenvalue weighted by atomic mass is 9.95. The third-order valence-electron chi connectivity index (χ3n) is 19.5. The number of phenols is 1. The summed E-state index contributed by atoms with van der Waals surface area (Å²) in [5.41, 5.74) is 25.2. The second-order valence-corrected chi connectivity index (χ2v) is 30.3. The summed E-state index contributed by atoms with van der Waals surface area (Å²) in [7, 11) is 2.70. The summed E-state index contributed by atoms with van der Waals surface area (Å²) in [5.74, 6) is -18.3. The number of para-hydroxylation sites is 1. The Hall–Kier alpha value is -10.9. The number of aromatic nitrogens is 1. The van der Waals surface area contributed by atoms with Gasteiger partial charge in [0.25, 0.3) is 0 Å². The van der Waals surface area contributed by atoms with Crippen LogP contribution in [0.3, 0.4) is 0 Å². The standard InChI is InChI=1S/C77H113N17O18S/c1-12-41(7)63-75(109)89-57(66(81)100)37-113-38-61(99)83-53(31-44-21-25-47(96)26-22-44)68(102)85-54(33-46-36-82-50-19-15-14-18-49(46)50)69(103)84-51(20-16-17-29-78)67(101)92-64(42(8)13-2)77(111)94(10)58(32-45-23-27-48(112-11)28-24-45)73(107)86-55(34-59(79)97)72(106)93-65(43(9)95)76(110)87-52(30-39(3)4)70(104)90-62(40(5)6)74(108)88-56(35-60(80)98)71(105)91-63/h14-15,18-19,21-28,36,39-43,51-58,62-65,82,95-96H,12-13,16-17,20,29-35,37-38,78H2,1-11H3,(H2,79,97)(H2,80,98)(H2,81,100)(H,83,99)(H,84,103)(H,85,102)(H,86,107)(H,87,110)(H,88,108)(H,89,109)(H,90,104)(H,91,105)(H,92,101)(H,93,106)/t41-,42-,43+,51-,52-,53-,54-,55-,56-,57-,58-,62-,63-,64-,65-/m0/s1. The van der Waals surface area contributed by atoms with Crippen molar-refractivity contribution in [3.63, 3.8) is 0 Å². The number of methoxy groups -OCH3 is 1. The highest BCUT2D eigenvalue weighted by atomic mass is 32.2. The Morgan fingerprint density at radius 1 is 0.540 bits per heavy atom. The topological polar surface area (TPSA) is 561 Å². The van der Waals surface area contributed by atoms with Crippen molar-refractivity contribution in [1.82, 2.24) is 68.4 Å².